The summed E-state index contributed by atoms with van der Waals surface area (Å²) in [5.74, 6) is 2.07. The van der Waals surface area contributed by atoms with Gasteiger partial charge in [0, 0.05) is 0 Å². The highest BCUT2D eigenvalue weighted by atomic mass is 14.9. The van der Waals surface area contributed by atoms with Gasteiger partial charge in [-0.15, -0.1) is 0 Å². The molecular formula is C17H35N. The molecule has 1 nitrogen and oxygen atoms in total. The van der Waals surface area contributed by atoms with Gasteiger partial charge in [-0.3, -0.25) is 0 Å². The van der Waals surface area contributed by atoms with Crippen LogP contribution >= 0.6 is 0 Å². The lowest BCUT2D eigenvalue weighted by molar-refractivity contribution is 0.225. The van der Waals surface area contributed by atoms with E-state index in [-0.39, 0.29) is 0 Å². The molecule has 0 aromatic rings. The predicted octanol–water partition coefficient (Wildman–Crippen LogP) is 5.15. The van der Waals surface area contributed by atoms with Crippen molar-refractivity contribution >= 4 is 0 Å². The third-order valence-corrected chi connectivity index (χ3v) is 4.66. The van der Waals surface area contributed by atoms with Crippen LogP contribution in [0.2, 0.25) is 0 Å². The Hall–Kier alpha value is -0.0400. The van der Waals surface area contributed by atoms with E-state index in [9.17, 15) is 0 Å². The maximum atomic E-state index is 3.51. The van der Waals surface area contributed by atoms with Crippen LogP contribution in [-0.2, 0) is 0 Å². The van der Waals surface area contributed by atoms with Crippen LogP contribution in [0.15, 0.2) is 0 Å². The largest absolute Gasteiger partial charge is 0.317 e. The molecule has 0 aromatic heterocycles. The van der Waals surface area contributed by atoms with Crippen LogP contribution in [0, 0.1) is 11.8 Å². The van der Waals surface area contributed by atoms with E-state index in [0.717, 1.165) is 11.8 Å². The van der Waals surface area contributed by atoms with E-state index in [1.165, 1.54) is 83.7 Å². The standard InChI is InChI=1S/C17H35N/c1-3-5-7-8-9-11-16(10-6-4-2)17-12-14-18-15-13-17/h16-18H,3-15H2,1-2H3. The molecule has 0 aromatic carbocycles. The maximum Gasteiger partial charge on any atom is -0.00462 e. The normalized spacial score (nSPS) is 19.0. The van der Waals surface area contributed by atoms with Gasteiger partial charge < -0.3 is 5.32 Å². The fourth-order valence-electron chi connectivity index (χ4n) is 3.41. The topological polar surface area (TPSA) is 12.0 Å². The Morgan fingerprint density at radius 2 is 1.44 bits per heavy atom. The molecule has 0 aliphatic carbocycles. The van der Waals surface area contributed by atoms with Gasteiger partial charge in [-0.05, 0) is 37.8 Å². The van der Waals surface area contributed by atoms with Gasteiger partial charge in [0.1, 0.15) is 0 Å². The summed E-state index contributed by atoms with van der Waals surface area (Å²) < 4.78 is 0. The number of piperidine rings is 1. The minimum absolute atomic E-state index is 1.03. The molecule has 1 aliphatic rings. The van der Waals surface area contributed by atoms with E-state index < -0.39 is 0 Å². The van der Waals surface area contributed by atoms with Crippen LogP contribution < -0.4 is 5.32 Å². The van der Waals surface area contributed by atoms with Crippen molar-refractivity contribution in [1.29, 1.82) is 0 Å². The molecule has 0 radical (unpaired) electrons. The third-order valence-electron chi connectivity index (χ3n) is 4.66. The van der Waals surface area contributed by atoms with E-state index in [4.69, 9.17) is 0 Å². The molecule has 1 saturated heterocycles. The summed E-state index contributed by atoms with van der Waals surface area (Å²) in [5, 5.41) is 3.51. The van der Waals surface area contributed by atoms with Crippen LogP contribution in [0.25, 0.3) is 0 Å². The zero-order chi connectivity index (χ0) is 13.1. The molecular weight excluding hydrogens is 218 g/mol. The van der Waals surface area contributed by atoms with Crippen molar-refractivity contribution in [3.8, 4) is 0 Å². The molecule has 0 bridgehead atoms. The summed E-state index contributed by atoms with van der Waals surface area (Å²) >= 11 is 0. The van der Waals surface area contributed by atoms with Crippen LogP contribution in [0.3, 0.4) is 0 Å². The van der Waals surface area contributed by atoms with E-state index in [1.54, 1.807) is 0 Å². The highest BCUT2D eigenvalue weighted by Gasteiger charge is 2.22. The lowest BCUT2D eigenvalue weighted by atomic mass is 9.79. The highest BCUT2D eigenvalue weighted by molar-refractivity contribution is 4.76. The fourth-order valence-corrected chi connectivity index (χ4v) is 3.41. The van der Waals surface area contributed by atoms with Crippen molar-refractivity contribution in [1.82, 2.24) is 5.32 Å². The van der Waals surface area contributed by atoms with E-state index in [2.05, 4.69) is 19.2 Å². The molecule has 1 aliphatic heterocycles. The van der Waals surface area contributed by atoms with E-state index in [1.807, 2.05) is 0 Å². The van der Waals surface area contributed by atoms with Crippen molar-refractivity contribution in [2.24, 2.45) is 11.8 Å². The number of unbranched alkanes of at least 4 members (excludes halogenated alkanes) is 5. The first-order valence-electron chi connectivity index (χ1n) is 8.59. The van der Waals surface area contributed by atoms with Gasteiger partial charge in [-0.25, -0.2) is 0 Å². The third kappa shape index (κ3) is 6.78. The number of hydrogen-bond acceptors (Lipinski definition) is 1. The zero-order valence-corrected chi connectivity index (χ0v) is 12.8. The van der Waals surface area contributed by atoms with Crippen molar-refractivity contribution < 1.29 is 0 Å². The lowest BCUT2D eigenvalue weighted by Crippen LogP contribution is -2.31. The molecule has 1 N–H and O–H groups in total. The quantitative estimate of drug-likeness (QED) is 0.531. The molecule has 1 rings (SSSR count). The molecule has 1 atom stereocenters. The predicted molar refractivity (Wildman–Crippen MR) is 82.0 cm³/mol. The molecule has 0 spiro atoms. The van der Waals surface area contributed by atoms with Crippen LogP contribution in [0.5, 0.6) is 0 Å². The van der Waals surface area contributed by atoms with Gasteiger partial charge in [0.05, 0.1) is 0 Å². The average Bonchev–Trinajstić information content (AvgIpc) is 2.43. The second-order valence-electron chi connectivity index (χ2n) is 6.19. The Labute approximate surface area is 115 Å². The summed E-state index contributed by atoms with van der Waals surface area (Å²) in [6.07, 6.45) is 15.9. The second-order valence-corrected chi connectivity index (χ2v) is 6.19. The van der Waals surface area contributed by atoms with Crippen LogP contribution in [0.1, 0.15) is 84.5 Å². The smallest absolute Gasteiger partial charge is 0.00462 e. The molecule has 0 saturated carbocycles. The Balaban J connectivity index is 2.21. The van der Waals surface area contributed by atoms with Gasteiger partial charge in [-0.2, -0.15) is 0 Å². The molecule has 0 amide bonds. The monoisotopic (exact) mass is 253 g/mol. The van der Waals surface area contributed by atoms with Crippen molar-refractivity contribution in [2.75, 3.05) is 13.1 Å². The minimum Gasteiger partial charge on any atom is -0.317 e. The molecule has 1 unspecified atom stereocenters. The Bertz CT molecular complexity index is 172. The van der Waals surface area contributed by atoms with Gasteiger partial charge in [0.25, 0.3) is 0 Å². The average molecular weight is 253 g/mol. The second kappa shape index (κ2) is 10.8. The van der Waals surface area contributed by atoms with E-state index >= 15 is 0 Å². The Morgan fingerprint density at radius 3 is 2.11 bits per heavy atom. The first-order valence-corrected chi connectivity index (χ1v) is 8.59. The van der Waals surface area contributed by atoms with Gasteiger partial charge in [-0.1, -0.05) is 71.6 Å². The summed E-state index contributed by atoms with van der Waals surface area (Å²) in [4.78, 5) is 0. The summed E-state index contributed by atoms with van der Waals surface area (Å²) in [7, 11) is 0. The van der Waals surface area contributed by atoms with Gasteiger partial charge in [0.2, 0.25) is 0 Å². The molecule has 1 heteroatoms. The lowest BCUT2D eigenvalue weighted by Gasteiger charge is -2.31. The SMILES string of the molecule is CCCCCCCC(CCCC)C1CCNCC1. The first kappa shape index (κ1) is 16.0. The number of hydrogen-bond donors (Lipinski definition) is 1. The zero-order valence-electron chi connectivity index (χ0n) is 12.8. The molecule has 18 heavy (non-hydrogen) atoms. The minimum atomic E-state index is 1.03. The summed E-state index contributed by atoms with van der Waals surface area (Å²) in [6, 6.07) is 0. The Morgan fingerprint density at radius 1 is 0.833 bits per heavy atom. The number of nitrogens with one attached hydrogen (secondary N) is 1. The Kier molecular flexibility index (Phi) is 9.65. The van der Waals surface area contributed by atoms with Gasteiger partial charge >= 0.3 is 0 Å². The van der Waals surface area contributed by atoms with Crippen LogP contribution in [0.4, 0.5) is 0 Å². The summed E-state index contributed by atoms with van der Waals surface area (Å²) in [5.41, 5.74) is 0. The number of rotatable bonds is 10. The fraction of sp³-hybridized carbons (Fsp3) is 1.00. The molecule has 1 fully saturated rings. The van der Waals surface area contributed by atoms with E-state index in [0.29, 0.717) is 0 Å². The van der Waals surface area contributed by atoms with Crippen molar-refractivity contribution in [2.45, 2.75) is 84.5 Å². The van der Waals surface area contributed by atoms with Crippen molar-refractivity contribution in [3.63, 3.8) is 0 Å². The van der Waals surface area contributed by atoms with Crippen LogP contribution in [-0.4, -0.2) is 13.1 Å². The highest BCUT2D eigenvalue weighted by Crippen LogP contribution is 2.30. The van der Waals surface area contributed by atoms with Crippen molar-refractivity contribution in [3.05, 3.63) is 0 Å². The van der Waals surface area contributed by atoms with Gasteiger partial charge in [0.15, 0.2) is 0 Å². The molecule has 108 valence electrons. The molecule has 1 heterocycles. The maximum absolute atomic E-state index is 3.51. The first-order chi connectivity index (χ1) is 8.88. The summed E-state index contributed by atoms with van der Waals surface area (Å²) in [6.45, 7) is 7.17.